The fraction of sp³-hybridized carbons (Fsp3) is 0.250. The predicted molar refractivity (Wildman–Crippen MR) is 161 cm³/mol. The molecular weight excluding hydrogens is 471 g/mol. The molecule has 0 radical (unpaired) electrons. The SMILES string of the molecule is CC(C)(C)[Si](OC/C=C(/C#Cc1ccccc1N)C#C[Si](C)(C)C)(c1ccccc1)c1ccccc1. The van der Waals surface area contributed by atoms with Crippen molar-refractivity contribution >= 4 is 32.5 Å². The molecule has 4 heteroatoms. The molecule has 0 heterocycles. The molecule has 0 aromatic heterocycles. The summed E-state index contributed by atoms with van der Waals surface area (Å²) in [6.07, 6.45) is 2.04. The number of para-hydroxylation sites is 1. The number of benzene rings is 3. The van der Waals surface area contributed by atoms with E-state index in [1.807, 2.05) is 30.3 Å². The molecule has 184 valence electrons. The van der Waals surface area contributed by atoms with Crippen LogP contribution in [-0.4, -0.2) is 23.0 Å². The van der Waals surface area contributed by atoms with Crippen molar-refractivity contribution in [2.75, 3.05) is 12.3 Å². The Kier molecular flexibility index (Phi) is 8.82. The van der Waals surface area contributed by atoms with E-state index in [2.05, 4.69) is 124 Å². The van der Waals surface area contributed by atoms with Gasteiger partial charge in [0.15, 0.2) is 0 Å². The van der Waals surface area contributed by atoms with E-state index < -0.39 is 16.4 Å². The van der Waals surface area contributed by atoms with Crippen molar-refractivity contribution in [3.63, 3.8) is 0 Å². The Bertz CT molecular complexity index is 1270. The van der Waals surface area contributed by atoms with E-state index >= 15 is 0 Å². The van der Waals surface area contributed by atoms with E-state index in [0.717, 1.165) is 11.1 Å². The van der Waals surface area contributed by atoms with Crippen molar-refractivity contribution in [3.8, 4) is 23.3 Å². The molecule has 0 aliphatic carbocycles. The van der Waals surface area contributed by atoms with Gasteiger partial charge >= 0.3 is 0 Å². The first kappa shape index (κ1) is 27.3. The standard InChI is InChI=1S/C32H37NOSi2/c1-32(2,3)36(29-16-9-7-10-17-29,30-18-11-8-12-19-30)34-25-23-27(24-26-35(4,5)6)21-22-28-15-13-14-20-31(28)33/h7-20,23H,25,33H2,1-6H3/b27-23-. The highest BCUT2D eigenvalue weighted by Gasteiger charge is 2.49. The van der Waals surface area contributed by atoms with Gasteiger partial charge < -0.3 is 10.2 Å². The third-order valence-electron chi connectivity index (χ3n) is 5.87. The summed E-state index contributed by atoms with van der Waals surface area (Å²) >= 11 is 0. The van der Waals surface area contributed by atoms with E-state index in [0.29, 0.717) is 12.3 Å². The van der Waals surface area contributed by atoms with Crippen molar-refractivity contribution in [1.29, 1.82) is 0 Å². The molecule has 0 atom stereocenters. The van der Waals surface area contributed by atoms with Crippen LogP contribution >= 0.6 is 0 Å². The van der Waals surface area contributed by atoms with Gasteiger partial charge in [0.2, 0.25) is 0 Å². The summed E-state index contributed by atoms with van der Waals surface area (Å²) in [6, 6.07) is 29.0. The molecule has 0 fully saturated rings. The van der Waals surface area contributed by atoms with Crippen LogP contribution in [0.25, 0.3) is 0 Å². The lowest BCUT2D eigenvalue weighted by atomic mass is 10.1. The molecule has 2 nitrogen and oxygen atoms in total. The molecule has 3 rings (SSSR count). The molecule has 0 saturated heterocycles. The molecule has 2 N–H and O–H groups in total. The van der Waals surface area contributed by atoms with E-state index in [1.165, 1.54) is 10.4 Å². The number of allylic oxidation sites excluding steroid dienone is 1. The second-order valence-electron chi connectivity index (χ2n) is 10.9. The van der Waals surface area contributed by atoms with Crippen LogP contribution < -0.4 is 16.1 Å². The van der Waals surface area contributed by atoms with E-state index in [4.69, 9.17) is 10.2 Å². The molecule has 0 spiro atoms. The van der Waals surface area contributed by atoms with E-state index in [9.17, 15) is 0 Å². The van der Waals surface area contributed by atoms with E-state index in [1.54, 1.807) is 0 Å². The van der Waals surface area contributed by atoms with Gasteiger partial charge in [-0.25, -0.2) is 0 Å². The maximum Gasteiger partial charge on any atom is 0.261 e. The Balaban J connectivity index is 2.06. The zero-order chi connectivity index (χ0) is 26.2. The van der Waals surface area contributed by atoms with Gasteiger partial charge in [0.25, 0.3) is 8.32 Å². The van der Waals surface area contributed by atoms with E-state index in [-0.39, 0.29) is 5.04 Å². The maximum absolute atomic E-state index is 7.02. The lowest BCUT2D eigenvalue weighted by Gasteiger charge is -2.42. The highest BCUT2D eigenvalue weighted by molar-refractivity contribution is 6.99. The molecule has 36 heavy (non-hydrogen) atoms. The Labute approximate surface area is 219 Å². The largest absolute Gasteiger partial charge is 0.404 e. The number of hydrogen-bond acceptors (Lipinski definition) is 2. The summed E-state index contributed by atoms with van der Waals surface area (Å²) in [7, 11) is -4.20. The van der Waals surface area contributed by atoms with Gasteiger partial charge in [-0.15, -0.1) is 5.54 Å². The van der Waals surface area contributed by atoms with Crippen molar-refractivity contribution < 1.29 is 4.43 Å². The predicted octanol–water partition coefficient (Wildman–Crippen LogP) is 6.00. The topological polar surface area (TPSA) is 35.2 Å². The summed E-state index contributed by atoms with van der Waals surface area (Å²) in [5.74, 6) is 9.83. The van der Waals surface area contributed by atoms with Crippen LogP contribution in [0.15, 0.2) is 96.6 Å². The molecule has 0 aliphatic heterocycles. The number of nitrogens with two attached hydrogens (primary N) is 1. The quantitative estimate of drug-likeness (QED) is 0.261. The van der Waals surface area contributed by atoms with Crippen molar-refractivity contribution in [2.45, 2.75) is 45.5 Å². The zero-order valence-electron chi connectivity index (χ0n) is 22.4. The van der Waals surface area contributed by atoms with Crippen molar-refractivity contribution in [3.05, 3.63) is 102 Å². The Hall–Kier alpha value is -3.29. The number of rotatable bonds is 5. The van der Waals surface area contributed by atoms with Gasteiger partial charge in [0, 0.05) is 11.3 Å². The van der Waals surface area contributed by atoms with Crippen LogP contribution in [0.5, 0.6) is 0 Å². The molecule has 3 aromatic carbocycles. The van der Waals surface area contributed by atoms with Crippen molar-refractivity contribution in [1.82, 2.24) is 0 Å². The second kappa shape index (κ2) is 11.6. The first-order valence-electron chi connectivity index (χ1n) is 12.4. The minimum Gasteiger partial charge on any atom is -0.404 e. The van der Waals surface area contributed by atoms with Gasteiger partial charge in [0.05, 0.1) is 12.2 Å². The summed E-state index contributed by atoms with van der Waals surface area (Å²) in [6.45, 7) is 14.0. The third kappa shape index (κ3) is 6.89. The number of nitrogen functional groups attached to an aromatic ring is 1. The Morgan fingerprint density at radius 2 is 1.33 bits per heavy atom. The highest BCUT2D eigenvalue weighted by Crippen LogP contribution is 2.36. The van der Waals surface area contributed by atoms with Gasteiger partial charge in [-0.2, -0.15) is 0 Å². The van der Waals surface area contributed by atoms with Crippen LogP contribution in [0.3, 0.4) is 0 Å². The van der Waals surface area contributed by atoms with Crippen molar-refractivity contribution in [2.24, 2.45) is 0 Å². The lowest BCUT2D eigenvalue weighted by Crippen LogP contribution is -2.66. The lowest BCUT2D eigenvalue weighted by molar-refractivity contribution is 0.339. The first-order valence-corrected chi connectivity index (χ1v) is 17.8. The normalized spacial score (nSPS) is 12.2. The number of anilines is 1. The highest BCUT2D eigenvalue weighted by atomic mass is 28.4. The minimum absolute atomic E-state index is 0.0854. The van der Waals surface area contributed by atoms with Gasteiger partial charge in [-0.1, -0.05) is 131 Å². The van der Waals surface area contributed by atoms with Crippen LogP contribution in [0.2, 0.25) is 24.7 Å². The molecule has 0 unspecified atom stereocenters. The second-order valence-corrected chi connectivity index (χ2v) is 20.0. The number of hydrogen-bond donors (Lipinski definition) is 1. The first-order chi connectivity index (χ1) is 17.0. The average molecular weight is 508 g/mol. The maximum atomic E-state index is 7.02. The van der Waals surface area contributed by atoms with Gasteiger partial charge in [-0.3, -0.25) is 0 Å². The third-order valence-corrected chi connectivity index (χ3v) is 11.7. The fourth-order valence-electron chi connectivity index (χ4n) is 4.15. The molecule has 0 aliphatic rings. The molecule has 0 amide bonds. The summed E-state index contributed by atoms with van der Waals surface area (Å²) < 4.78 is 7.02. The smallest absolute Gasteiger partial charge is 0.261 e. The fourth-order valence-corrected chi connectivity index (χ4v) is 9.14. The Morgan fingerprint density at radius 1 is 0.806 bits per heavy atom. The van der Waals surface area contributed by atoms with Gasteiger partial charge in [-0.05, 0) is 33.6 Å². The van der Waals surface area contributed by atoms with Crippen LogP contribution in [-0.2, 0) is 4.43 Å². The monoisotopic (exact) mass is 507 g/mol. The van der Waals surface area contributed by atoms with Gasteiger partial charge in [0.1, 0.15) is 8.07 Å². The van der Waals surface area contributed by atoms with Crippen LogP contribution in [0.4, 0.5) is 5.69 Å². The average Bonchev–Trinajstić information content (AvgIpc) is 2.84. The minimum atomic E-state index is -2.62. The molecule has 3 aromatic rings. The molecule has 0 bridgehead atoms. The van der Waals surface area contributed by atoms with Crippen LogP contribution in [0, 0.1) is 23.3 Å². The summed E-state index contributed by atoms with van der Waals surface area (Å²) in [5, 5.41) is 2.43. The summed E-state index contributed by atoms with van der Waals surface area (Å²) in [4.78, 5) is 0. The molecular formula is C32H37NOSi2. The van der Waals surface area contributed by atoms with Crippen LogP contribution in [0.1, 0.15) is 26.3 Å². The Morgan fingerprint density at radius 3 is 1.83 bits per heavy atom. The molecule has 0 saturated carbocycles. The summed E-state index contributed by atoms with van der Waals surface area (Å²) in [5.41, 5.74) is 11.8. The zero-order valence-corrected chi connectivity index (χ0v) is 24.4.